The summed E-state index contributed by atoms with van der Waals surface area (Å²) in [6, 6.07) is 10.6. The van der Waals surface area contributed by atoms with Crippen LogP contribution in [0.5, 0.6) is 0 Å². The number of methoxy groups -OCH3 is 1. The molecule has 0 bridgehead atoms. The Morgan fingerprint density at radius 3 is 2.42 bits per heavy atom. The van der Waals surface area contributed by atoms with Crippen LogP contribution < -0.4 is 5.32 Å². The van der Waals surface area contributed by atoms with Crippen molar-refractivity contribution in [1.82, 2.24) is 5.32 Å². The molecule has 0 radical (unpaired) electrons. The molecular formula is C19H18F3NO3. The fraction of sp³-hybridized carbons (Fsp3) is 0.263. The van der Waals surface area contributed by atoms with Gasteiger partial charge in [-0.05, 0) is 24.6 Å². The Labute approximate surface area is 149 Å². The lowest BCUT2D eigenvalue weighted by Gasteiger charge is -2.18. The number of rotatable bonds is 5. The van der Waals surface area contributed by atoms with E-state index in [4.69, 9.17) is 0 Å². The molecule has 0 aliphatic rings. The number of aryl methyl sites for hydroxylation is 1. The summed E-state index contributed by atoms with van der Waals surface area (Å²) >= 11 is 0. The number of hydrogen-bond donors (Lipinski definition) is 1. The van der Waals surface area contributed by atoms with Crippen LogP contribution in [-0.2, 0) is 22.1 Å². The maximum Gasteiger partial charge on any atom is 0.417 e. The molecule has 0 spiro atoms. The first-order valence-electron chi connectivity index (χ1n) is 7.83. The van der Waals surface area contributed by atoms with E-state index in [0.717, 1.165) is 30.4 Å². The Morgan fingerprint density at radius 1 is 1.12 bits per heavy atom. The van der Waals surface area contributed by atoms with Crippen molar-refractivity contribution in [2.45, 2.75) is 25.6 Å². The average molecular weight is 365 g/mol. The van der Waals surface area contributed by atoms with Crippen molar-refractivity contribution in [1.29, 1.82) is 0 Å². The van der Waals surface area contributed by atoms with Crippen molar-refractivity contribution >= 4 is 11.9 Å². The maximum absolute atomic E-state index is 13.1. The highest BCUT2D eigenvalue weighted by Gasteiger charge is 2.35. The first-order valence-corrected chi connectivity index (χ1v) is 7.83. The fourth-order valence-electron chi connectivity index (χ4n) is 2.57. The van der Waals surface area contributed by atoms with Crippen molar-refractivity contribution < 1.29 is 27.5 Å². The van der Waals surface area contributed by atoms with Crippen molar-refractivity contribution in [2.75, 3.05) is 7.11 Å². The van der Waals surface area contributed by atoms with Gasteiger partial charge in [-0.2, -0.15) is 13.2 Å². The predicted octanol–water partition coefficient (Wildman–Crippen LogP) is 3.53. The van der Waals surface area contributed by atoms with Gasteiger partial charge >= 0.3 is 12.1 Å². The quantitative estimate of drug-likeness (QED) is 0.825. The molecule has 1 atom stereocenters. The molecule has 7 heteroatoms. The van der Waals surface area contributed by atoms with E-state index in [2.05, 4.69) is 10.1 Å². The molecule has 0 aliphatic heterocycles. The molecule has 2 aromatic carbocycles. The molecule has 2 rings (SSSR count). The number of carbonyl (C=O) groups excluding carboxylic acids is 2. The first-order chi connectivity index (χ1) is 12.2. The standard InChI is InChI=1S/C19H18F3NO3/c1-12-6-5-7-13(10-12)11-16(18(25)26-2)23-17(24)14-8-3-4-9-15(14)19(20,21)22/h3-10,16H,11H2,1-2H3,(H,23,24)/t16-/m1/s1. The Balaban J connectivity index is 2.26. The third kappa shape index (κ3) is 4.84. The number of hydrogen-bond acceptors (Lipinski definition) is 3. The molecule has 2 aromatic rings. The number of carbonyl (C=O) groups is 2. The summed E-state index contributed by atoms with van der Waals surface area (Å²) in [5.41, 5.74) is 0.111. The second kappa shape index (κ2) is 8.03. The van der Waals surface area contributed by atoms with Gasteiger partial charge < -0.3 is 10.1 Å². The van der Waals surface area contributed by atoms with Gasteiger partial charge in [0.1, 0.15) is 6.04 Å². The predicted molar refractivity (Wildman–Crippen MR) is 89.6 cm³/mol. The number of alkyl halides is 3. The number of nitrogens with one attached hydrogen (secondary N) is 1. The summed E-state index contributed by atoms with van der Waals surface area (Å²) in [4.78, 5) is 24.4. The number of amides is 1. The summed E-state index contributed by atoms with van der Waals surface area (Å²) < 4.78 is 43.9. The zero-order valence-electron chi connectivity index (χ0n) is 14.3. The van der Waals surface area contributed by atoms with Gasteiger partial charge in [-0.1, -0.05) is 42.0 Å². The van der Waals surface area contributed by atoms with Crippen molar-refractivity contribution in [3.63, 3.8) is 0 Å². The summed E-state index contributed by atoms with van der Waals surface area (Å²) in [6.07, 6.45) is -4.57. The van der Waals surface area contributed by atoms with Gasteiger partial charge in [0.25, 0.3) is 5.91 Å². The zero-order valence-corrected chi connectivity index (χ0v) is 14.3. The molecule has 0 fully saturated rings. The first kappa shape index (κ1) is 19.5. The highest BCUT2D eigenvalue weighted by molar-refractivity contribution is 5.98. The summed E-state index contributed by atoms with van der Waals surface area (Å²) in [5, 5.41) is 2.35. The lowest BCUT2D eigenvalue weighted by atomic mass is 10.0. The monoisotopic (exact) mass is 365 g/mol. The SMILES string of the molecule is COC(=O)[C@@H](Cc1cccc(C)c1)NC(=O)c1ccccc1C(F)(F)F. The van der Waals surface area contributed by atoms with Gasteiger partial charge in [-0.15, -0.1) is 0 Å². The Morgan fingerprint density at radius 2 is 1.81 bits per heavy atom. The van der Waals surface area contributed by atoms with Gasteiger partial charge in [0.15, 0.2) is 0 Å². The highest BCUT2D eigenvalue weighted by Crippen LogP contribution is 2.31. The second-order valence-corrected chi connectivity index (χ2v) is 5.79. The molecule has 1 N–H and O–H groups in total. The van der Waals surface area contributed by atoms with Gasteiger partial charge in [0, 0.05) is 6.42 Å². The average Bonchev–Trinajstić information content (AvgIpc) is 2.59. The highest BCUT2D eigenvalue weighted by atomic mass is 19.4. The molecule has 138 valence electrons. The molecule has 0 aromatic heterocycles. The van der Waals surface area contributed by atoms with Gasteiger partial charge in [-0.25, -0.2) is 4.79 Å². The fourth-order valence-corrected chi connectivity index (χ4v) is 2.57. The van der Waals surface area contributed by atoms with E-state index >= 15 is 0 Å². The van der Waals surface area contributed by atoms with E-state index < -0.39 is 35.2 Å². The van der Waals surface area contributed by atoms with E-state index in [9.17, 15) is 22.8 Å². The molecule has 1 amide bonds. The van der Waals surface area contributed by atoms with E-state index in [1.165, 1.54) is 12.1 Å². The van der Waals surface area contributed by atoms with Crippen LogP contribution in [-0.4, -0.2) is 25.0 Å². The smallest absolute Gasteiger partial charge is 0.417 e. The summed E-state index contributed by atoms with van der Waals surface area (Å²) in [5.74, 6) is -1.72. The van der Waals surface area contributed by atoms with E-state index in [0.29, 0.717) is 0 Å². The van der Waals surface area contributed by atoms with Crippen molar-refractivity contribution in [3.05, 3.63) is 70.8 Å². The van der Waals surface area contributed by atoms with Crippen LogP contribution in [0.3, 0.4) is 0 Å². The largest absolute Gasteiger partial charge is 0.467 e. The minimum atomic E-state index is -4.68. The second-order valence-electron chi connectivity index (χ2n) is 5.79. The number of ether oxygens (including phenoxy) is 1. The van der Waals surface area contributed by atoms with Crippen LogP contribution in [0.4, 0.5) is 13.2 Å². The summed E-state index contributed by atoms with van der Waals surface area (Å²) in [6.45, 7) is 1.87. The van der Waals surface area contributed by atoms with E-state index in [1.54, 1.807) is 12.1 Å². The molecule has 0 saturated heterocycles. The molecule has 0 unspecified atom stereocenters. The summed E-state index contributed by atoms with van der Waals surface area (Å²) in [7, 11) is 1.15. The molecule has 0 aliphatic carbocycles. The molecule has 26 heavy (non-hydrogen) atoms. The normalized spacial score (nSPS) is 12.3. The van der Waals surface area contributed by atoms with Crippen LogP contribution in [0, 0.1) is 6.92 Å². The number of halogens is 3. The Kier molecular flexibility index (Phi) is 6.02. The van der Waals surface area contributed by atoms with Crippen molar-refractivity contribution in [2.24, 2.45) is 0 Å². The van der Waals surface area contributed by atoms with Crippen LogP contribution >= 0.6 is 0 Å². The third-order valence-corrected chi connectivity index (χ3v) is 3.79. The van der Waals surface area contributed by atoms with Crippen LogP contribution in [0.2, 0.25) is 0 Å². The van der Waals surface area contributed by atoms with Gasteiger partial charge in [0.2, 0.25) is 0 Å². The van der Waals surface area contributed by atoms with Crippen molar-refractivity contribution in [3.8, 4) is 0 Å². The van der Waals surface area contributed by atoms with E-state index in [-0.39, 0.29) is 6.42 Å². The molecule has 4 nitrogen and oxygen atoms in total. The minimum absolute atomic E-state index is 0.105. The van der Waals surface area contributed by atoms with Gasteiger partial charge in [0.05, 0.1) is 18.2 Å². The third-order valence-electron chi connectivity index (χ3n) is 3.79. The lowest BCUT2D eigenvalue weighted by Crippen LogP contribution is -2.43. The Bertz CT molecular complexity index is 803. The number of esters is 1. The van der Waals surface area contributed by atoms with Crippen LogP contribution in [0.25, 0.3) is 0 Å². The lowest BCUT2D eigenvalue weighted by molar-refractivity contribution is -0.142. The topological polar surface area (TPSA) is 55.4 Å². The maximum atomic E-state index is 13.1. The Hall–Kier alpha value is -2.83. The van der Waals surface area contributed by atoms with E-state index in [1.807, 2.05) is 19.1 Å². The zero-order chi connectivity index (χ0) is 19.3. The minimum Gasteiger partial charge on any atom is -0.467 e. The molecule has 0 heterocycles. The molecular weight excluding hydrogens is 347 g/mol. The van der Waals surface area contributed by atoms with Gasteiger partial charge in [-0.3, -0.25) is 4.79 Å². The van der Waals surface area contributed by atoms with Crippen LogP contribution in [0.1, 0.15) is 27.0 Å². The number of benzene rings is 2. The van der Waals surface area contributed by atoms with Crippen LogP contribution in [0.15, 0.2) is 48.5 Å². The molecule has 0 saturated carbocycles.